The van der Waals surface area contributed by atoms with Gasteiger partial charge in [0.15, 0.2) is 5.82 Å². The van der Waals surface area contributed by atoms with Crippen molar-refractivity contribution in [3.05, 3.63) is 70.8 Å². The van der Waals surface area contributed by atoms with Crippen LogP contribution < -0.4 is 5.56 Å². The highest BCUT2D eigenvalue weighted by Crippen LogP contribution is 2.26. The van der Waals surface area contributed by atoms with Gasteiger partial charge < -0.3 is 9.88 Å². The lowest BCUT2D eigenvalue weighted by atomic mass is 9.94. The average molecular weight is 362 g/mol. The molecule has 0 unspecified atom stereocenters. The number of likely N-dealkylation sites (tertiary alicyclic amines) is 1. The molecule has 1 aliphatic rings. The van der Waals surface area contributed by atoms with Gasteiger partial charge in [-0.3, -0.25) is 19.6 Å². The molecule has 1 aliphatic heterocycles. The summed E-state index contributed by atoms with van der Waals surface area (Å²) in [5.74, 6) is 0.367. The second-order valence-corrected chi connectivity index (χ2v) is 6.44. The fraction of sp³-hybridized carbons (Fsp3) is 0.263. The van der Waals surface area contributed by atoms with Crippen LogP contribution in [0.4, 0.5) is 0 Å². The highest BCUT2D eigenvalue weighted by molar-refractivity contribution is 5.94. The zero-order chi connectivity index (χ0) is 18.6. The number of amides is 1. The van der Waals surface area contributed by atoms with Crippen molar-refractivity contribution in [3.8, 4) is 11.5 Å². The Kier molecular flexibility index (Phi) is 4.69. The first kappa shape index (κ1) is 17.0. The number of rotatable bonds is 3. The van der Waals surface area contributed by atoms with Crippen LogP contribution in [0.1, 0.15) is 34.8 Å². The quantitative estimate of drug-likeness (QED) is 0.759. The predicted molar refractivity (Wildman–Crippen MR) is 98.0 cm³/mol. The Bertz CT molecular complexity index is 990. The highest BCUT2D eigenvalue weighted by Gasteiger charge is 2.27. The molecule has 0 aliphatic carbocycles. The minimum absolute atomic E-state index is 0.00209. The first-order valence-electron chi connectivity index (χ1n) is 8.77. The highest BCUT2D eigenvalue weighted by atomic mass is 16.2. The maximum Gasteiger partial charge on any atom is 0.253 e. The molecule has 0 spiro atoms. The summed E-state index contributed by atoms with van der Waals surface area (Å²) in [6.45, 7) is 1.22. The topological polar surface area (TPSA) is 105 Å². The Morgan fingerprint density at radius 3 is 2.78 bits per heavy atom. The molecule has 1 saturated heterocycles. The number of aromatic amines is 1. The van der Waals surface area contributed by atoms with Gasteiger partial charge in [-0.05, 0) is 25.0 Å². The third kappa shape index (κ3) is 3.74. The van der Waals surface area contributed by atoms with Crippen LogP contribution in [0.25, 0.3) is 11.5 Å². The van der Waals surface area contributed by atoms with Gasteiger partial charge in [-0.15, -0.1) is 0 Å². The first-order chi connectivity index (χ1) is 13.2. The van der Waals surface area contributed by atoms with Gasteiger partial charge in [-0.1, -0.05) is 0 Å². The predicted octanol–water partition coefficient (Wildman–Crippen LogP) is 1.64. The van der Waals surface area contributed by atoms with Crippen molar-refractivity contribution in [3.63, 3.8) is 0 Å². The molecule has 4 rings (SSSR count). The molecule has 136 valence electrons. The van der Waals surface area contributed by atoms with Gasteiger partial charge in [0.05, 0.1) is 11.9 Å². The number of hydrogen-bond donors (Lipinski definition) is 1. The van der Waals surface area contributed by atoms with Crippen LogP contribution in [-0.2, 0) is 0 Å². The molecule has 8 nitrogen and oxygen atoms in total. The second-order valence-electron chi connectivity index (χ2n) is 6.44. The lowest BCUT2D eigenvalue weighted by molar-refractivity contribution is 0.0706. The van der Waals surface area contributed by atoms with Crippen LogP contribution in [0.15, 0.2) is 54.0 Å². The third-order valence-corrected chi connectivity index (χ3v) is 4.62. The van der Waals surface area contributed by atoms with Crippen molar-refractivity contribution in [2.45, 2.75) is 18.8 Å². The molecular weight excluding hydrogens is 344 g/mol. The molecule has 3 aromatic rings. The number of nitrogens with one attached hydrogen (secondary N) is 1. The number of aromatic nitrogens is 5. The van der Waals surface area contributed by atoms with E-state index in [-0.39, 0.29) is 17.4 Å². The van der Waals surface area contributed by atoms with Crippen molar-refractivity contribution in [2.75, 3.05) is 13.1 Å². The van der Waals surface area contributed by atoms with Gasteiger partial charge in [0, 0.05) is 55.4 Å². The number of hydrogen-bond acceptors (Lipinski definition) is 6. The maximum absolute atomic E-state index is 12.7. The van der Waals surface area contributed by atoms with Gasteiger partial charge >= 0.3 is 0 Å². The molecule has 0 saturated carbocycles. The molecule has 0 aromatic carbocycles. The van der Waals surface area contributed by atoms with Crippen molar-refractivity contribution < 1.29 is 4.79 Å². The molecule has 1 atom stereocenters. The summed E-state index contributed by atoms with van der Waals surface area (Å²) in [7, 11) is 0. The molecule has 0 radical (unpaired) electrons. The molecule has 1 N–H and O–H groups in total. The van der Waals surface area contributed by atoms with E-state index in [2.05, 4.69) is 24.9 Å². The molecule has 27 heavy (non-hydrogen) atoms. The number of nitrogens with zero attached hydrogens (tertiary/aromatic N) is 5. The van der Waals surface area contributed by atoms with Gasteiger partial charge in [0.2, 0.25) is 0 Å². The van der Waals surface area contributed by atoms with Crippen molar-refractivity contribution in [2.24, 2.45) is 0 Å². The van der Waals surface area contributed by atoms with E-state index in [1.807, 2.05) is 4.90 Å². The normalized spacial score (nSPS) is 16.9. The van der Waals surface area contributed by atoms with Crippen LogP contribution in [0, 0.1) is 0 Å². The lowest BCUT2D eigenvalue weighted by Crippen LogP contribution is -2.39. The van der Waals surface area contributed by atoms with Crippen LogP contribution >= 0.6 is 0 Å². The van der Waals surface area contributed by atoms with E-state index in [4.69, 9.17) is 0 Å². The number of carbonyl (C=O) groups is 1. The van der Waals surface area contributed by atoms with Crippen LogP contribution in [-0.4, -0.2) is 48.8 Å². The van der Waals surface area contributed by atoms with Crippen molar-refractivity contribution in [1.82, 2.24) is 29.8 Å². The summed E-state index contributed by atoms with van der Waals surface area (Å²) in [6.07, 6.45) is 9.63. The first-order valence-corrected chi connectivity index (χ1v) is 8.77. The van der Waals surface area contributed by atoms with Gasteiger partial charge in [0.25, 0.3) is 11.5 Å². The fourth-order valence-electron chi connectivity index (χ4n) is 3.31. The minimum Gasteiger partial charge on any atom is -0.338 e. The molecule has 1 fully saturated rings. The summed E-state index contributed by atoms with van der Waals surface area (Å²) in [4.78, 5) is 46.1. The van der Waals surface area contributed by atoms with E-state index in [0.29, 0.717) is 35.9 Å². The summed E-state index contributed by atoms with van der Waals surface area (Å²) < 4.78 is 0. The lowest BCUT2D eigenvalue weighted by Gasteiger charge is -2.32. The molecular formula is C19H18N6O2. The Morgan fingerprint density at radius 1 is 1.15 bits per heavy atom. The smallest absolute Gasteiger partial charge is 0.253 e. The monoisotopic (exact) mass is 362 g/mol. The zero-order valence-corrected chi connectivity index (χ0v) is 14.6. The average Bonchev–Trinajstić information content (AvgIpc) is 2.74. The number of piperidine rings is 1. The van der Waals surface area contributed by atoms with E-state index in [0.717, 1.165) is 12.8 Å². The molecule has 8 heteroatoms. The van der Waals surface area contributed by atoms with E-state index < -0.39 is 0 Å². The van der Waals surface area contributed by atoms with Crippen LogP contribution in [0.3, 0.4) is 0 Å². The van der Waals surface area contributed by atoms with Crippen molar-refractivity contribution in [1.29, 1.82) is 0 Å². The Hall–Kier alpha value is -3.42. The molecule has 4 heterocycles. The van der Waals surface area contributed by atoms with E-state index in [1.165, 1.54) is 6.07 Å². The Balaban J connectivity index is 1.59. The van der Waals surface area contributed by atoms with E-state index in [9.17, 15) is 9.59 Å². The van der Waals surface area contributed by atoms with Crippen LogP contribution in [0.5, 0.6) is 0 Å². The number of carbonyl (C=O) groups excluding carboxylic acids is 1. The largest absolute Gasteiger partial charge is 0.338 e. The Labute approximate surface area is 155 Å². The molecule has 0 bridgehead atoms. The summed E-state index contributed by atoms with van der Waals surface area (Å²) >= 11 is 0. The summed E-state index contributed by atoms with van der Waals surface area (Å²) in [5, 5.41) is 0. The SMILES string of the molecule is O=C(c1ccncc1)N1CCC[C@H](c2cc(=O)[nH]c(-c3cnccn3)n2)C1. The van der Waals surface area contributed by atoms with E-state index in [1.54, 1.807) is 43.1 Å². The van der Waals surface area contributed by atoms with E-state index >= 15 is 0 Å². The third-order valence-electron chi connectivity index (χ3n) is 4.62. The van der Waals surface area contributed by atoms with Gasteiger partial charge in [-0.2, -0.15) is 0 Å². The van der Waals surface area contributed by atoms with Crippen molar-refractivity contribution >= 4 is 5.91 Å². The van der Waals surface area contributed by atoms with Crippen LogP contribution in [0.2, 0.25) is 0 Å². The zero-order valence-electron chi connectivity index (χ0n) is 14.6. The Morgan fingerprint density at radius 2 is 2.00 bits per heavy atom. The fourth-order valence-corrected chi connectivity index (χ4v) is 3.31. The minimum atomic E-state index is -0.238. The molecule has 3 aromatic heterocycles. The standard InChI is InChI=1S/C19H18N6O2/c26-17-10-15(23-18(24-17)16-11-21-7-8-22-16)14-2-1-9-25(12-14)19(27)13-3-5-20-6-4-13/h3-8,10-11,14H,1-2,9,12H2,(H,23,24,26)/t14-/m0/s1. The second kappa shape index (κ2) is 7.45. The maximum atomic E-state index is 12.7. The van der Waals surface area contributed by atoms with Gasteiger partial charge in [0.1, 0.15) is 5.69 Å². The summed E-state index contributed by atoms with van der Waals surface area (Å²) in [5.41, 5.74) is 1.56. The number of H-pyrrole nitrogens is 1. The summed E-state index contributed by atoms with van der Waals surface area (Å²) in [6, 6.07) is 4.93. The number of pyridine rings is 1. The molecule has 1 amide bonds. The van der Waals surface area contributed by atoms with Gasteiger partial charge in [-0.25, -0.2) is 9.97 Å².